The summed E-state index contributed by atoms with van der Waals surface area (Å²) >= 11 is 0. The normalized spacial score (nSPS) is 11.2. The fourth-order valence-electron chi connectivity index (χ4n) is 2.11. The smallest absolute Gasteiger partial charge is 0.0635 e. The molecule has 17 heavy (non-hydrogen) atoms. The highest BCUT2D eigenvalue weighted by Gasteiger charge is 2.21. The van der Waals surface area contributed by atoms with Gasteiger partial charge in [0.2, 0.25) is 0 Å². The van der Waals surface area contributed by atoms with Gasteiger partial charge < -0.3 is 5.32 Å². The minimum Gasteiger partial charge on any atom is -0.315 e. The maximum Gasteiger partial charge on any atom is 0.0635 e. The van der Waals surface area contributed by atoms with Crippen LogP contribution in [0.3, 0.4) is 0 Å². The lowest BCUT2D eigenvalue weighted by atomic mass is 9.81. The average Bonchev–Trinajstić information content (AvgIpc) is 2.28. The van der Waals surface area contributed by atoms with E-state index in [2.05, 4.69) is 57.3 Å². The minimum absolute atomic E-state index is 0.103. The van der Waals surface area contributed by atoms with Gasteiger partial charge in [0.1, 0.15) is 0 Å². The van der Waals surface area contributed by atoms with Crippen molar-refractivity contribution in [1.29, 1.82) is 5.26 Å². The van der Waals surface area contributed by atoms with Crippen molar-refractivity contribution in [3.05, 3.63) is 34.9 Å². The van der Waals surface area contributed by atoms with E-state index in [4.69, 9.17) is 5.26 Å². The number of hydrogen-bond donors (Lipinski definition) is 1. The summed E-state index contributed by atoms with van der Waals surface area (Å²) in [7, 11) is 0. The Labute approximate surface area is 105 Å². The Hall–Kier alpha value is -1.33. The van der Waals surface area contributed by atoms with Gasteiger partial charge in [-0.2, -0.15) is 5.26 Å². The first-order valence-electron chi connectivity index (χ1n) is 6.13. The quantitative estimate of drug-likeness (QED) is 0.789. The first-order valence-corrected chi connectivity index (χ1v) is 6.13. The molecule has 92 valence electrons. The predicted octanol–water partition coefficient (Wildman–Crippen LogP) is 3.08. The minimum atomic E-state index is 0.103. The van der Waals surface area contributed by atoms with Crippen molar-refractivity contribution in [1.82, 2.24) is 5.32 Å². The fourth-order valence-corrected chi connectivity index (χ4v) is 2.11. The first kappa shape index (κ1) is 13.7. The van der Waals surface area contributed by atoms with Crippen LogP contribution in [0.1, 0.15) is 37.0 Å². The molecule has 0 aliphatic carbocycles. The second-order valence-corrected chi connectivity index (χ2v) is 5.29. The molecule has 0 spiro atoms. The number of rotatable bonds is 5. The lowest BCUT2D eigenvalue weighted by Gasteiger charge is -2.28. The third kappa shape index (κ3) is 3.87. The predicted molar refractivity (Wildman–Crippen MR) is 72.0 cm³/mol. The Kier molecular flexibility index (Phi) is 4.72. The molecule has 1 N–H and O–H groups in total. The van der Waals surface area contributed by atoms with Crippen molar-refractivity contribution < 1.29 is 0 Å². The highest BCUT2D eigenvalue weighted by molar-refractivity contribution is 5.36. The molecule has 0 radical (unpaired) electrons. The largest absolute Gasteiger partial charge is 0.315 e. The topological polar surface area (TPSA) is 35.8 Å². The Balaban J connectivity index is 2.75. The molecule has 0 saturated carbocycles. The van der Waals surface area contributed by atoms with E-state index in [0.717, 1.165) is 13.1 Å². The van der Waals surface area contributed by atoms with Crippen molar-refractivity contribution in [3.8, 4) is 6.07 Å². The molecule has 0 aromatic heterocycles. The summed E-state index contributed by atoms with van der Waals surface area (Å²) < 4.78 is 0. The van der Waals surface area contributed by atoms with E-state index in [-0.39, 0.29) is 5.41 Å². The third-order valence-electron chi connectivity index (χ3n) is 3.10. The maximum absolute atomic E-state index is 8.50. The van der Waals surface area contributed by atoms with Crippen molar-refractivity contribution in [2.75, 3.05) is 13.1 Å². The van der Waals surface area contributed by atoms with Gasteiger partial charge >= 0.3 is 0 Å². The Morgan fingerprint density at radius 1 is 1.29 bits per heavy atom. The second kappa shape index (κ2) is 5.84. The lowest BCUT2D eigenvalue weighted by Crippen LogP contribution is -2.34. The van der Waals surface area contributed by atoms with Crippen molar-refractivity contribution in [2.24, 2.45) is 0 Å². The molecule has 0 aliphatic heterocycles. The van der Waals surface area contributed by atoms with Crippen LogP contribution in [0.25, 0.3) is 0 Å². The zero-order chi connectivity index (χ0) is 12.9. The molecular weight excluding hydrogens is 208 g/mol. The van der Waals surface area contributed by atoms with Crippen molar-refractivity contribution in [2.45, 2.75) is 39.5 Å². The van der Waals surface area contributed by atoms with Gasteiger partial charge in [0.15, 0.2) is 0 Å². The van der Waals surface area contributed by atoms with E-state index in [0.29, 0.717) is 6.42 Å². The number of nitrogens with one attached hydrogen (secondary N) is 1. The summed E-state index contributed by atoms with van der Waals surface area (Å²) in [5.41, 5.74) is 4.13. The highest BCUT2D eigenvalue weighted by Crippen LogP contribution is 2.26. The van der Waals surface area contributed by atoms with Gasteiger partial charge in [-0.1, -0.05) is 37.6 Å². The third-order valence-corrected chi connectivity index (χ3v) is 3.10. The van der Waals surface area contributed by atoms with E-state index in [9.17, 15) is 0 Å². The summed E-state index contributed by atoms with van der Waals surface area (Å²) in [5.74, 6) is 0. The van der Waals surface area contributed by atoms with E-state index in [1.807, 2.05) is 0 Å². The molecule has 0 saturated heterocycles. The van der Waals surface area contributed by atoms with E-state index < -0.39 is 0 Å². The average molecular weight is 230 g/mol. The maximum atomic E-state index is 8.50. The van der Waals surface area contributed by atoms with Gasteiger partial charge in [-0.15, -0.1) is 0 Å². The molecule has 1 aromatic rings. The van der Waals surface area contributed by atoms with E-state index in [1.54, 1.807) is 0 Å². The molecule has 0 aliphatic rings. The van der Waals surface area contributed by atoms with E-state index >= 15 is 0 Å². The molecule has 0 fully saturated rings. The summed E-state index contributed by atoms with van der Waals surface area (Å²) in [6, 6.07) is 8.75. The molecule has 2 heteroatoms. The fraction of sp³-hybridized carbons (Fsp3) is 0.533. The van der Waals surface area contributed by atoms with Gasteiger partial charge in [0.05, 0.1) is 6.07 Å². The van der Waals surface area contributed by atoms with Crippen LogP contribution < -0.4 is 5.32 Å². The van der Waals surface area contributed by atoms with Gasteiger partial charge in [0, 0.05) is 24.9 Å². The van der Waals surface area contributed by atoms with Crippen LogP contribution in [0.2, 0.25) is 0 Å². The van der Waals surface area contributed by atoms with Crippen LogP contribution in [-0.4, -0.2) is 13.1 Å². The van der Waals surface area contributed by atoms with Crippen LogP contribution in [0, 0.1) is 25.2 Å². The van der Waals surface area contributed by atoms with Crippen LogP contribution in [0.15, 0.2) is 18.2 Å². The van der Waals surface area contributed by atoms with Gasteiger partial charge in [-0.25, -0.2) is 0 Å². The molecular formula is C15H22N2. The SMILES string of the molecule is Cc1ccc(C)c(C(C)(C)CNCCC#N)c1. The number of nitrogens with zero attached hydrogens (tertiary/aromatic N) is 1. The van der Waals surface area contributed by atoms with Crippen molar-refractivity contribution in [3.63, 3.8) is 0 Å². The van der Waals surface area contributed by atoms with Crippen LogP contribution in [0.5, 0.6) is 0 Å². The molecule has 0 heterocycles. The summed E-state index contributed by atoms with van der Waals surface area (Å²) in [6.45, 7) is 10.4. The monoisotopic (exact) mass is 230 g/mol. The van der Waals surface area contributed by atoms with Crippen molar-refractivity contribution >= 4 is 0 Å². The van der Waals surface area contributed by atoms with E-state index in [1.165, 1.54) is 16.7 Å². The van der Waals surface area contributed by atoms with Crippen LogP contribution in [0.4, 0.5) is 0 Å². The van der Waals surface area contributed by atoms with Crippen LogP contribution in [-0.2, 0) is 5.41 Å². The molecule has 0 amide bonds. The Bertz CT molecular complexity index is 413. The molecule has 0 unspecified atom stereocenters. The number of nitriles is 1. The molecule has 0 bridgehead atoms. The number of aryl methyl sites for hydroxylation is 2. The standard InChI is InChI=1S/C15H22N2/c1-12-6-7-13(2)14(10-12)15(3,4)11-17-9-5-8-16/h6-7,10,17H,5,9,11H2,1-4H3. The molecule has 1 aromatic carbocycles. The number of benzene rings is 1. The summed E-state index contributed by atoms with van der Waals surface area (Å²) in [4.78, 5) is 0. The van der Waals surface area contributed by atoms with Gasteiger partial charge in [0.25, 0.3) is 0 Å². The zero-order valence-corrected chi connectivity index (χ0v) is 11.3. The molecule has 1 rings (SSSR count). The summed E-state index contributed by atoms with van der Waals surface area (Å²) in [6.07, 6.45) is 0.572. The summed E-state index contributed by atoms with van der Waals surface area (Å²) in [5, 5.41) is 11.9. The Morgan fingerprint density at radius 2 is 2.00 bits per heavy atom. The van der Waals surface area contributed by atoms with Gasteiger partial charge in [-0.3, -0.25) is 0 Å². The molecule has 2 nitrogen and oxygen atoms in total. The molecule has 0 atom stereocenters. The second-order valence-electron chi connectivity index (χ2n) is 5.29. The highest BCUT2D eigenvalue weighted by atomic mass is 14.9. The van der Waals surface area contributed by atoms with Crippen LogP contribution >= 0.6 is 0 Å². The van der Waals surface area contributed by atoms with Gasteiger partial charge in [-0.05, 0) is 25.0 Å². The first-order chi connectivity index (χ1) is 7.97. The lowest BCUT2D eigenvalue weighted by molar-refractivity contribution is 0.471. The Morgan fingerprint density at radius 3 is 2.65 bits per heavy atom. The number of hydrogen-bond acceptors (Lipinski definition) is 2. The zero-order valence-electron chi connectivity index (χ0n) is 11.3.